The highest BCUT2D eigenvalue weighted by atomic mass is 28.3. The molecule has 0 aliphatic heterocycles. The molecular weight excluding hydrogens is 128 g/mol. The molecule has 0 saturated carbocycles. The van der Waals surface area contributed by atoms with Gasteiger partial charge in [0, 0.05) is 8.22 Å². The minimum Gasteiger partial charge on any atom is -0.475 e. The van der Waals surface area contributed by atoms with Gasteiger partial charge in [0.2, 0.25) is 0 Å². The van der Waals surface area contributed by atoms with Gasteiger partial charge in [0.15, 0.2) is 0 Å². The monoisotopic (exact) mass is 146 g/mol. The molecule has 2 heteroatoms. The molecule has 0 radical (unpaired) electrons. The third-order valence-electron chi connectivity index (χ3n) is 1.01. The van der Waals surface area contributed by atoms with E-state index in [1.54, 1.807) is 0 Å². The molecule has 0 fully saturated rings. The molecule has 1 rings (SSSR count). The summed E-state index contributed by atoms with van der Waals surface area (Å²) in [6, 6.07) is 2.95. The smallest absolute Gasteiger partial charge is 0.123 e. The fourth-order valence-electron chi connectivity index (χ4n) is 0.563. The van der Waals surface area contributed by atoms with Crippen molar-refractivity contribution >= 4 is 13.5 Å². The second kappa shape index (κ2) is 2.03. The normalized spacial score (nSPS) is 24.6. The molecule has 0 atom stereocenters. The molecule has 50 valence electrons. The first-order valence-corrected chi connectivity index (χ1v) is 5.15. The van der Waals surface area contributed by atoms with Crippen LogP contribution in [0.1, 0.15) is 8.22 Å². The van der Waals surface area contributed by atoms with Crippen LogP contribution in [-0.4, -0.2) is 8.07 Å². The van der Waals surface area contributed by atoms with Crippen LogP contribution in [0, 0.1) is 0 Å². The average Bonchev–Trinajstić information content (AvgIpc) is 2.49. The zero-order valence-electron chi connectivity index (χ0n) is 11.1. The zero-order chi connectivity index (χ0) is 11.9. The lowest BCUT2D eigenvalue weighted by Gasteiger charge is -2.10. The van der Waals surface area contributed by atoms with Crippen LogP contribution in [0.2, 0.25) is 19.5 Å². The van der Waals surface area contributed by atoms with Crippen molar-refractivity contribution in [1.29, 1.82) is 0 Å². The quantitative estimate of drug-likeness (QED) is 0.551. The van der Waals surface area contributed by atoms with Gasteiger partial charge in [-0.25, -0.2) is 0 Å². The minimum atomic E-state index is -3.64. The molecule has 1 aromatic heterocycles. The minimum absolute atomic E-state index is 0.0995. The molecule has 0 unspecified atom stereocenters. The van der Waals surface area contributed by atoms with Gasteiger partial charge >= 0.3 is 0 Å². The summed E-state index contributed by atoms with van der Waals surface area (Å²) in [4.78, 5) is 0. The van der Waals surface area contributed by atoms with Gasteiger partial charge in [0.25, 0.3) is 0 Å². The maximum Gasteiger partial charge on any atom is 0.123 e. The topological polar surface area (TPSA) is 13.1 Å². The van der Waals surface area contributed by atoms with Crippen molar-refractivity contribution in [2.75, 3.05) is 0 Å². The van der Waals surface area contributed by atoms with E-state index in [0.29, 0.717) is 0 Å². The van der Waals surface area contributed by atoms with Gasteiger partial charge in [-0.3, -0.25) is 0 Å². The summed E-state index contributed by atoms with van der Waals surface area (Å²) >= 11 is 0. The molecule has 0 amide bonds. The molecule has 0 N–H and O–H groups in total. The highest BCUT2D eigenvalue weighted by Crippen LogP contribution is 2.01. The summed E-state index contributed by atoms with van der Waals surface area (Å²) in [6.45, 7) is -3.70. The van der Waals surface area contributed by atoms with Gasteiger partial charge in [-0.1, -0.05) is 19.5 Å². The van der Waals surface area contributed by atoms with Crippen LogP contribution in [0.25, 0.3) is 0 Å². The lowest BCUT2D eigenvalue weighted by Crippen LogP contribution is -2.36. The second-order valence-electron chi connectivity index (χ2n) is 2.10. The molecule has 1 nitrogen and oxygen atoms in total. The van der Waals surface area contributed by atoms with Gasteiger partial charge in [-0.05, 0) is 12.1 Å². The molecule has 1 aromatic rings. The Kier molecular flexibility index (Phi) is 0.512. The van der Waals surface area contributed by atoms with Crippen LogP contribution >= 0.6 is 0 Å². The van der Waals surface area contributed by atoms with E-state index in [0.717, 1.165) is 0 Å². The third-order valence-corrected chi connectivity index (χ3v) is 2.28. The van der Waals surface area contributed by atoms with Crippen LogP contribution in [0.15, 0.2) is 22.8 Å². The van der Waals surface area contributed by atoms with Crippen molar-refractivity contribution < 1.29 is 12.6 Å². The summed E-state index contributed by atoms with van der Waals surface area (Å²) in [6.07, 6.45) is 1.30. The third kappa shape index (κ3) is 1.45. The maximum absolute atomic E-state index is 7.39. The first kappa shape index (κ1) is 2.27. The maximum atomic E-state index is 7.39. The summed E-state index contributed by atoms with van der Waals surface area (Å²) in [5, 5.41) is 0.0995. The summed E-state index contributed by atoms with van der Waals surface area (Å²) in [5.41, 5.74) is 0. The summed E-state index contributed by atoms with van der Waals surface area (Å²) in [7, 11) is -3.64. The van der Waals surface area contributed by atoms with Crippen molar-refractivity contribution in [2.24, 2.45) is 0 Å². The zero-order valence-corrected chi connectivity index (χ0v) is 6.14. The molecule has 0 aromatic carbocycles. The fourth-order valence-corrected chi connectivity index (χ4v) is 1.30. The number of hydrogen-bond acceptors (Lipinski definition) is 1. The average molecular weight is 146 g/mol. The van der Waals surface area contributed by atoms with E-state index in [9.17, 15) is 0 Å². The van der Waals surface area contributed by atoms with E-state index in [2.05, 4.69) is 0 Å². The standard InChI is InChI=1S/C7H12OSi/c1-9(2,3)7-5-4-6-8-7/h4-6H,1-3H3/i1D3,2D3. The molecule has 0 aliphatic carbocycles. The van der Waals surface area contributed by atoms with Crippen LogP contribution in [0.4, 0.5) is 0 Å². The fraction of sp³-hybridized carbons (Fsp3) is 0.429. The Morgan fingerprint density at radius 3 is 2.89 bits per heavy atom. The van der Waals surface area contributed by atoms with Crippen molar-refractivity contribution in [3.63, 3.8) is 0 Å². The van der Waals surface area contributed by atoms with Crippen molar-refractivity contribution in [1.82, 2.24) is 0 Å². The first-order chi connectivity index (χ1) is 6.61. The van der Waals surface area contributed by atoms with E-state index >= 15 is 0 Å². The van der Waals surface area contributed by atoms with Gasteiger partial charge in [0.1, 0.15) is 8.07 Å². The van der Waals surface area contributed by atoms with Crippen molar-refractivity contribution in [3.05, 3.63) is 18.4 Å². The van der Waals surface area contributed by atoms with E-state index < -0.39 is 21.0 Å². The van der Waals surface area contributed by atoms with Crippen molar-refractivity contribution in [2.45, 2.75) is 19.5 Å². The van der Waals surface area contributed by atoms with Crippen LogP contribution < -0.4 is 5.38 Å². The Morgan fingerprint density at radius 2 is 2.44 bits per heavy atom. The second-order valence-corrected chi connectivity index (χ2v) is 4.85. The lowest BCUT2D eigenvalue weighted by molar-refractivity contribution is 0.597. The van der Waals surface area contributed by atoms with E-state index in [-0.39, 0.29) is 5.38 Å². The van der Waals surface area contributed by atoms with Crippen LogP contribution in [-0.2, 0) is 0 Å². The molecular formula is C7H12OSi. The van der Waals surface area contributed by atoms with Gasteiger partial charge in [0.05, 0.1) is 11.6 Å². The number of furan rings is 1. The predicted molar refractivity (Wildman–Crippen MR) is 41.7 cm³/mol. The SMILES string of the molecule is [2H]C([2H])([2H])[Si](C)(c1ccco1)C([2H])([2H])[2H]. The molecule has 1 heterocycles. The number of hydrogen-bond donors (Lipinski definition) is 0. The highest BCUT2D eigenvalue weighted by Gasteiger charge is 2.18. The molecule has 0 aliphatic rings. The summed E-state index contributed by atoms with van der Waals surface area (Å²) < 4.78 is 49.4. The Balaban J connectivity index is 3.33. The van der Waals surface area contributed by atoms with Gasteiger partial charge in [-0.15, -0.1) is 0 Å². The molecule has 0 bridgehead atoms. The van der Waals surface area contributed by atoms with E-state index in [1.165, 1.54) is 24.9 Å². The molecule has 0 saturated heterocycles. The van der Waals surface area contributed by atoms with E-state index in [4.69, 9.17) is 12.6 Å². The van der Waals surface area contributed by atoms with E-state index in [1.807, 2.05) is 0 Å². The summed E-state index contributed by atoms with van der Waals surface area (Å²) in [5.74, 6) is 0. The highest BCUT2D eigenvalue weighted by molar-refractivity contribution is 6.87. The Bertz CT molecular complexity index is 310. The van der Waals surface area contributed by atoms with Gasteiger partial charge in [-0.2, -0.15) is 0 Å². The van der Waals surface area contributed by atoms with Crippen LogP contribution in [0.5, 0.6) is 0 Å². The van der Waals surface area contributed by atoms with Crippen LogP contribution in [0.3, 0.4) is 0 Å². The number of rotatable bonds is 1. The van der Waals surface area contributed by atoms with Crippen molar-refractivity contribution in [3.8, 4) is 0 Å². The Labute approximate surface area is 65.1 Å². The Hall–Kier alpha value is -0.503. The predicted octanol–water partition coefficient (Wildman–Crippen LogP) is 1.82. The lowest BCUT2D eigenvalue weighted by atomic mass is 10.7. The molecule has 9 heavy (non-hydrogen) atoms. The largest absolute Gasteiger partial charge is 0.475 e. The van der Waals surface area contributed by atoms with Gasteiger partial charge < -0.3 is 4.42 Å². The first-order valence-electron chi connectivity index (χ1n) is 5.65. The molecule has 0 spiro atoms. The Morgan fingerprint density at radius 1 is 1.67 bits per heavy atom.